The fraction of sp³-hybridized carbons (Fsp3) is 0.733. The normalized spacial score (nSPS) is 28.9. The fourth-order valence-corrected chi connectivity index (χ4v) is 2.91. The van der Waals surface area contributed by atoms with Crippen LogP contribution in [0.15, 0.2) is 16.5 Å². The smallest absolute Gasteiger partial charge is 0.118 e. The summed E-state index contributed by atoms with van der Waals surface area (Å²) in [7, 11) is 0. The molecule has 4 heteroatoms. The van der Waals surface area contributed by atoms with Crippen LogP contribution in [0.3, 0.4) is 0 Å². The molecule has 0 N–H and O–H groups in total. The van der Waals surface area contributed by atoms with Gasteiger partial charge in [0, 0.05) is 26.1 Å². The van der Waals surface area contributed by atoms with Gasteiger partial charge in [-0.1, -0.05) is 6.92 Å². The van der Waals surface area contributed by atoms with Crippen molar-refractivity contribution in [1.82, 2.24) is 4.90 Å². The second kappa shape index (κ2) is 6.07. The molecule has 0 amide bonds. The van der Waals surface area contributed by atoms with Crippen molar-refractivity contribution in [2.75, 3.05) is 26.3 Å². The Kier molecular flexibility index (Phi) is 4.21. The fourth-order valence-electron chi connectivity index (χ4n) is 2.91. The molecule has 3 heterocycles. The van der Waals surface area contributed by atoms with Crippen LogP contribution in [0.4, 0.5) is 0 Å². The molecular weight excluding hydrogens is 242 g/mol. The Labute approximate surface area is 114 Å². The molecule has 2 saturated heterocycles. The van der Waals surface area contributed by atoms with Gasteiger partial charge in [-0.25, -0.2) is 0 Å². The van der Waals surface area contributed by atoms with E-state index in [0.29, 0.717) is 6.10 Å². The molecule has 0 radical (unpaired) electrons. The third-order valence-electron chi connectivity index (χ3n) is 4.00. The molecule has 19 heavy (non-hydrogen) atoms. The first-order chi connectivity index (χ1) is 9.35. The largest absolute Gasteiger partial charge is 0.465 e. The van der Waals surface area contributed by atoms with Gasteiger partial charge in [-0.05, 0) is 25.0 Å². The van der Waals surface area contributed by atoms with Crippen LogP contribution in [-0.4, -0.2) is 43.4 Å². The lowest BCUT2D eigenvalue weighted by molar-refractivity contribution is -0.0968. The summed E-state index contributed by atoms with van der Waals surface area (Å²) in [6.45, 7) is 6.62. The van der Waals surface area contributed by atoms with E-state index in [9.17, 15) is 0 Å². The van der Waals surface area contributed by atoms with Crippen LogP contribution in [0.25, 0.3) is 0 Å². The number of aryl methyl sites for hydroxylation is 1. The van der Waals surface area contributed by atoms with Crippen molar-refractivity contribution in [2.24, 2.45) is 0 Å². The summed E-state index contributed by atoms with van der Waals surface area (Å²) in [5.41, 5.74) is 0. The average Bonchev–Trinajstić information content (AvgIpc) is 3.10. The minimum Gasteiger partial charge on any atom is -0.465 e. The molecule has 0 bridgehead atoms. The zero-order valence-corrected chi connectivity index (χ0v) is 11.6. The standard InChI is InChI=1S/C15H23NO3/c1-2-12-5-6-13(19-12)10-16-7-9-18-15(11-16)14-4-3-8-17-14/h5-6,14-15H,2-4,7-11H2,1H3/t14-,15-/m1/s1. The Morgan fingerprint density at radius 1 is 1.16 bits per heavy atom. The Balaban J connectivity index is 1.55. The van der Waals surface area contributed by atoms with E-state index in [4.69, 9.17) is 13.9 Å². The van der Waals surface area contributed by atoms with Crippen molar-refractivity contribution in [1.29, 1.82) is 0 Å². The van der Waals surface area contributed by atoms with E-state index in [1.807, 2.05) is 0 Å². The predicted octanol–water partition coefficient (Wildman–Crippen LogP) is 2.22. The van der Waals surface area contributed by atoms with Crippen LogP contribution in [0.1, 0.15) is 31.3 Å². The van der Waals surface area contributed by atoms with Crippen LogP contribution in [0.5, 0.6) is 0 Å². The van der Waals surface area contributed by atoms with Gasteiger partial charge in [0.05, 0.1) is 25.4 Å². The predicted molar refractivity (Wildman–Crippen MR) is 72.1 cm³/mol. The van der Waals surface area contributed by atoms with E-state index in [2.05, 4.69) is 24.0 Å². The number of morpholine rings is 1. The lowest BCUT2D eigenvalue weighted by Gasteiger charge is -2.34. The zero-order chi connectivity index (χ0) is 13.1. The van der Waals surface area contributed by atoms with E-state index >= 15 is 0 Å². The van der Waals surface area contributed by atoms with Gasteiger partial charge < -0.3 is 13.9 Å². The molecule has 2 atom stereocenters. The minimum absolute atomic E-state index is 0.233. The molecule has 1 aromatic rings. The highest BCUT2D eigenvalue weighted by Crippen LogP contribution is 2.22. The van der Waals surface area contributed by atoms with Crippen LogP contribution in [0.2, 0.25) is 0 Å². The summed E-state index contributed by atoms with van der Waals surface area (Å²) in [5.74, 6) is 2.13. The maximum absolute atomic E-state index is 5.86. The summed E-state index contributed by atoms with van der Waals surface area (Å²) in [4.78, 5) is 2.41. The Hall–Kier alpha value is -0.840. The maximum atomic E-state index is 5.86. The lowest BCUT2D eigenvalue weighted by Crippen LogP contribution is -2.47. The van der Waals surface area contributed by atoms with E-state index < -0.39 is 0 Å². The lowest BCUT2D eigenvalue weighted by atomic mass is 10.1. The third-order valence-corrected chi connectivity index (χ3v) is 4.00. The van der Waals surface area contributed by atoms with E-state index in [-0.39, 0.29) is 6.10 Å². The zero-order valence-electron chi connectivity index (χ0n) is 11.6. The molecule has 4 nitrogen and oxygen atoms in total. The first-order valence-corrected chi connectivity index (χ1v) is 7.38. The Morgan fingerprint density at radius 3 is 2.74 bits per heavy atom. The van der Waals surface area contributed by atoms with Gasteiger partial charge in [0.1, 0.15) is 11.5 Å². The maximum Gasteiger partial charge on any atom is 0.118 e. The van der Waals surface area contributed by atoms with E-state index in [1.54, 1.807) is 0 Å². The van der Waals surface area contributed by atoms with Gasteiger partial charge in [0.15, 0.2) is 0 Å². The topological polar surface area (TPSA) is 34.8 Å². The highest BCUT2D eigenvalue weighted by molar-refractivity contribution is 5.07. The molecule has 2 aliphatic rings. The van der Waals surface area contributed by atoms with Crippen molar-refractivity contribution >= 4 is 0 Å². The molecule has 0 aliphatic carbocycles. The molecule has 0 unspecified atom stereocenters. The van der Waals surface area contributed by atoms with Crippen molar-refractivity contribution in [2.45, 2.75) is 44.9 Å². The second-order valence-electron chi connectivity index (χ2n) is 5.42. The summed E-state index contributed by atoms with van der Waals surface area (Å²) in [6.07, 6.45) is 3.80. The molecule has 0 saturated carbocycles. The van der Waals surface area contributed by atoms with E-state index in [1.165, 1.54) is 6.42 Å². The molecule has 0 aromatic carbocycles. The summed E-state index contributed by atoms with van der Waals surface area (Å²) in [5, 5.41) is 0. The quantitative estimate of drug-likeness (QED) is 0.836. The van der Waals surface area contributed by atoms with Crippen LogP contribution < -0.4 is 0 Å². The van der Waals surface area contributed by atoms with Gasteiger partial charge in [0.2, 0.25) is 0 Å². The molecule has 3 rings (SSSR count). The Bertz CT molecular complexity index is 398. The average molecular weight is 265 g/mol. The molecular formula is C15H23NO3. The van der Waals surface area contributed by atoms with E-state index in [0.717, 1.165) is 57.2 Å². The van der Waals surface area contributed by atoms with Crippen LogP contribution >= 0.6 is 0 Å². The molecule has 0 spiro atoms. The van der Waals surface area contributed by atoms with Crippen molar-refractivity contribution < 1.29 is 13.9 Å². The molecule has 2 fully saturated rings. The van der Waals surface area contributed by atoms with Gasteiger partial charge in [0.25, 0.3) is 0 Å². The van der Waals surface area contributed by atoms with Crippen LogP contribution in [0, 0.1) is 0 Å². The number of hydrogen-bond acceptors (Lipinski definition) is 4. The summed E-state index contributed by atoms with van der Waals surface area (Å²) >= 11 is 0. The number of furan rings is 1. The monoisotopic (exact) mass is 265 g/mol. The van der Waals surface area contributed by atoms with Gasteiger partial charge >= 0.3 is 0 Å². The number of rotatable bonds is 4. The summed E-state index contributed by atoms with van der Waals surface area (Å²) in [6, 6.07) is 4.17. The SMILES string of the molecule is CCc1ccc(CN2CCO[C@@H]([C@H]3CCCO3)C2)o1. The number of nitrogens with zero attached hydrogens (tertiary/aromatic N) is 1. The Morgan fingerprint density at radius 2 is 2.00 bits per heavy atom. The van der Waals surface area contributed by atoms with Gasteiger partial charge in [-0.2, -0.15) is 0 Å². The second-order valence-corrected chi connectivity index (χ2v) is 5.42. The molecule has 1 aromatic heterocycles. The molecule has 106 valence electrons. The first kappa shape index (κ1) is 13.2. The summed E-state index contributed by atoms with van der Waals surface area (Å²) < 4.78 is 17.4. The van der Waals surface area contributed by atoms with Crippen LogP contribution in [-0.2, 0) is 22.4 Å². The van der Waals surface area contributed by atoms with Crippen molar-refractivity contribution in [3.63, 3.8) is 0 Å². The minimum atomic E-state index is 0.233. The van der Waals surface area contributed by atoms with Gasteiger partial charge in [-0.3, -0.25) is 4.90 Å². The highest BCUT2D eigenvalue weighted by Gasteiger charge is 2.31. The third kappa shape index (κ3) is 3.19. The van der Waals surface area contributed by atoms with Crippen molar-refractivity contribution in [3.8, 4) is 0 Å². The highest BCUT2D eigenvalue weighted by atomic mass is 16.5. The van der Waals surface area contributed by atoms with Gasteiger partial charge in [-0.15, -0.1) is 0 Å². The number of ether oxygens (including phenoxy) is 2. The first-order valence-electron chi connectivity index (χ1n) is 7.38. The number of hydrogen-bond donors (Lipinski definition) is 0. The van der Waals surface area contributed by atoms with Crippen molar-refractivity contribution in [3.05, 3.63) is 23.7 Å². The molecule has 2 aliphatic heterocycles.